The van der Waals surface area contributed by atoms with Crippen LogP contribution in [0, 0.1) is 0 Å². The second-order valence-corrected chi connectivity index (χ2v) is 6.26. The lowest BCUT2D eigenvalue weighted by Gasteiger charge is -2.27. The van der Waals surface area contributed by atoms with E-state index in [-0.39, 0.29) is 6.09 Å². The molecule has 1 aromatic carbocycles. The number of nitrogens with zero attached hydrogens (tertiary/aromatic N) is 3. The van der Waals surface area contributed by atoms with Crippen LogP contribution in [0.4, 0.5) is 4.79 Å². The minimum atomic E-state index is -0.225. The first-order valence-electron chi connectivity index (χ1n) is 8.67. The van der Waals surface area contributed by atoms with Gasteiger partial charge in [0.15, 0.2) is 0 Å². The Kier molecular flexibility index (Phi) is 4.14. The van der Waals surface area contributed by atoms with Crippen molar-refractivity contribution in [3.05, 3.63) is 65.6 Å². The zero-order chi connectivity index (χ0) is 17.2. The van der Waals surface area contributed by atoms with Crippen LogP contribution in [-0.4, -0.2) is 33.7 Å². The molecule has 0 saturated heterocycles. The molecule has 0 radical (unpaired) electrons. The maximum Gasteiger partial charge on any atom is 0.410 e. The normalized spacial score (nSPS) is 13.7. The molecule has 0 unspecified atom stereocenters. The van der Waals surface area contributed by atoms with Crippen molar-refractivity contribution in [1.82, 2.24) is 14.5 Å². The van der Waals surface area contributed by atoms with Crippen LogP contribution in [-0.2, 0) is 24.2 Å². The minimum Gasteiger partial charge on any atom is -0.450 e. The van der Waals surface area contributed by atoms with E-state index in [1.807, 2.05) is 19.2 Å². The van der Waals surface area contributed by atoms with Gasteiger partial charge < -0.3 is 14.2 Å². The van der Waals surface area contributed by atoms with Crippen LogP contribution in [0.25, 0.3) is 10.9 Å². The van der Waals surface area contributed by atoms with Crippen molar-refractivity contribution < 1.29 is 9.53 Å². The number of carbonyl (C=O) groups excluding carboxylic acids is 1. The first-order chi connectivity index (χ1) is 12.3. The van der Waals surface area contributed by atoms with Crippen molar-refractivity contribution in [2.45, 2.75) is 26.4 Å². The highest BCUT2D eigenvalue weighted by Gasteiger charge is 2.27. The standard InChI is InChI=1S/C20H21N3O2/c1-2-25-20(24)22-11-9-19-17(14-22)16-7-3-4-8-18(16)23(19)13-15-6-5-10-21-12-15/h3-8,10,12H,2,9,11,13-14H2,1H3. The molecule has 2 aromatic heterocycles. The molecule has 0 saturated carbocycles. The Labute approximate surface area is 146 Å². The number of ether oxygens (including phenoxy) is 1. The van der Waals surface area contributed by atoms with E-state index < -0.39 is 0 Å². The fraction of sp³-hybridized carbons (Fsp3) is 0.300. The van der Waals surface area contributed by atoms with Crippen molar-refractivity contribution in [3.63, 3.8) is 0 Å². The molecule has 128 valence electrons. The van der Waals surface area contributed by atoms with Crippen LogP contribution in [0.15, 0.2) is 48.8 Å². The Bertz CT molecular complexity index is 902. The molecule has 0 fully saturated rings. The molecule has 0 bridgehead atoms. The maximum absolute atomic E-state index is 12.1. The van der Waals surface area contributed by atoms with Gasteiger partial charge in [0.2, 0.25) is 0 Å². The fourth-order valence-electron chi connectivity index (χ4n) is 3.63. The number of pyridine rings is 1. The lowest BCUT2D eigenvalue weighted by atomic mass is 10.0. The monoisotopic (exact) mass is 335 g/mol. The molecule has 25 heavy (non-hydrogen) atoms. The van der Waals surface area contributed by atoms with Crippen LogP contribution in [0.3, 0.4) is 0 Å². The molecule has 0 spiro atoms. The highest BCUT2D eigenvalue weighted by molar-refractivity contribution is 5.86. The molecular weight excluding hydrogens is 314 g/mol. The van der Waals surface area contributed by atoms with Gasteiger partial charge in [0.05, 0.1) is 13.2 Å². The molecule has 1 aliphatic rings. The highest BCUT2D eigenvalue weighted by atomic mass is 16.6. The van der Waals surface area contributed by atoms with Crippen LogP contribution in [0.5, 0.6) is 0 Å². The molecule has 0 aliphatic carbocycles. The number of aromatic nitrogens is 2. The SMILES string of the molecule is CCOC(=O)N1CCc2c(c3ccccc3n2Cc2cccnc2)C1. The average molecular weight is 335 g/mol. The van der Waals surface area contributed by atoms with Gasteiger partial charge in [-0.25, -0.2) is 4.79 Å². The number of para-hydroxylation sites is 1. The predicted octanol–water partition coefficient (Wildman–Crippen LogP) is 3.60. The second-order valence-electron chi connectivity index (χ2n) is 6.26. The van der Waals surface area contributed by atoms with Gasteiger partial charge in [0, 0.05) is 54.1 Å². The lowest BCUT2D eigenvalue weighted by Crippen LogP contribution is -2.36. The Morgan fingerprint density at radius 2 is 2.12 bits per heavy atom. The number of amides is 1. The van der Waals surface area contributed by atoms with Gasteiger partial charge >= 0.3 is 6.09 Å². The molecule has 3 aromatic rings. The van der Waals surface area contributed by atoms with Crippen LogP contribution < -0.4 is 0 Å². The number of benzene rings is 1. The molecular formula is C20H21N3O2. The van der Waals surface area contributed by atoms with Crippen molar-refractivity contribution in [2.75, 3.05) is 13.2 Å². The zero-order valence-electron chi connectivity index (χ0n) is 14.3. The molecule has 4 rings (SSSR count). The molecule has 5 heteroatoms. The van der Waals surface area contributed by atoms with Crippen molar-refractivity contribution in [1.29, 1.82) is 0 Å². The number of hydrogen-bond acceptors (Lipinski definition) is 3. The van der Waals surface area contributed by atoms with Gasteiger partial charge in [0.25, 0.3) is 0 Å². The van der Waals surface area contributed by atoms with Gasteiger partial charge in [-0.2, -0.15) is 0 Å². The topological polar surface area (TPSA) is 47.4 Å². The molecule has 1 aliphatic heterocycles. The first kappa shape index (κ1) is 15.7. The molecule has 5 nitrogen and oxygen atoms in total. The average Bonchev–Trinajstić information content (AvgIpc) is 2.96. The summed E-state index contributed by atoms with van der Waals surface area (Å²) < 4.78 is 7.55. The summed E-state index contributed by atoms with van der Waals surface area (Å²) in [5.41, 5.74) is 4.94. The van der Waals surface area contributed by atoms with E-state index >= 15 is 0 Å². The summed E-state index contributed by atoms with van der Waals surface area (Å²) in [6.07, 6.45) is 4.32. The fourth-order valence-corrected chi connectivity index (χ4v) is 3.63. The van der Waals surface area contributed by atoms with Gasteiger partial charge in [-0.1, -0.05) is 24.3 Å². The van der Waals surface area contributed by atoms with Crippen molar-refractivity contribution in [3.8, 4) is 0 Å². The smallest absolute Gasteiger partial charge is 0.410 e. The quantitative estimate of drug-likeness (QED) is 0.735. The Morgan fingerprint density at radius 1 is 1.24 bits per heavy atom. The van der Waals surface area contributed by atoms with Crippen LogP contribution in [0.1, 0.15) is 23.7 Å². The molecule has 0 N–H and O–H groups in total. The first-order valence-corrected chi connectivity index (χ1v) is 8.67. The van der Waals surface area contributed by atoms with E-state index in [4.69, 9.17) is 4.74 Å². The van der Waals surface area contributed by atoms with E-state index in [9.17, 15) is 4.79 Å². The van der Waals surface area contributed by atoms with Crippen LogP contribution in [0.2, 0.25) is 0 Å². The largest absolute Gasteiger partial charge is 0.450 e. The van der Waals surface area contributed by atoms with E-state index in [1.165, 1.54) is 27.7 Å². The van der Waals surface area contributed by atoms with Crippen molar-refractivity contribution >= 4 is 17.0 Å². The minimum absolute atomic E-state index is 0.225. The van der Waals surface area contributed by atoms with Gasteiger partial charge in [-0.05, 0) is 24.6 Å². The Morgan fingerprint density at radius 3 is 2.92 bits per heavy atom. The summed E-state index contributed by atoms with van der Waals surface area (Å²) in [6, 6.07) is 12.5. The van der Waals surface area contributed by atoms with E-state index in [0.717, 1.165) is 13.0 Å². The van der Waals surface area contributed by atoms with E-state index in [2.05, 4.69) is 39.9 Å². The number of hydrogen-bond donors (Lipinski definition) is 0. The second kappa shape index (κ2) is 6.59. The Balaban J connectivity index is 1.75. The highest BCUT2D eigenvalue weighted by Crippen LogP contribution is 2.31. The third-order valence-electron chi connectivity index (χ3n) is 4.75. The zero-order valence-corrected chi connectivity index (χ0v) is 14.3. The van der Waals surface area contributed by atoms with E-state index in [0.29, 0.717) is 19.7 Å². The third kappa shape index (κ3) is 2.86. The molecule has 3 heterocycles. The number of carbonyl (C=O) groups is 1. The third-order valence-corrected chi connectivity index (χ3v) is 4.75. The summed E-state index contributed by atoms with van der Waals surface area (Å²) in [5.74, 6) is 0. The Hall–Kier alpha value is -2.82. The van der Waals surface area contributed by atoms with E-state index in [1.54, 1.807) is 11.1 Å². The number of rotatable bonds is 3. The van der Waals surface area contributed by atoms with Crippen LogP contribution >= 0.6 is 0 Å². The van der Waals surface area contributed by atoms with Gasteiger partial charge in [-0.15, -0.1) is 0 Å². The summed E-state index contributed by atoms with van der Waals surface area (Å²) in [4.78, 5) is 18.2. The number of fused-ring (bicyclic) bond motifs is 3. The van der Waals surface area contributed by atoms with Gasteiger partial charge in [-0.3, -0.25) is 4.98 Å². The van der Waals surface area contributed by atoms with Crippen molar-refractivity contribution in [2.24, 2.45) is 0 Å². The predicted molar refractivity (Wildman–Crippen MR) is 96.4 cm³/mol. The summed E-state index contributed by atoms with van der Waals surface area (Å²) in [7, 11) is 0. The molecule has 1 amide bonds. The molecule has 0 atom stereocenters. The summed E-state index contributed by atoms with van der Waals surface area (Å²) in [6.45, 7) is 4.34. The summed E-state index contributed by atoms with van der Waals surface area (Å²) in [5, 5.41) is 1.22. The lowest BCUT2D eigenvalue weighted by molar-refractivity contribution is 0.102. The maximum atomic E-state index is 12.1. The van der Waals surface area contributed by atoms with Gasteiger partial charge in [0.1, 0.15) is 0 Å². The summed E-state index contributed by atoms with van der Waals surface area (Å²) >= 11 is 0.